The summed E-state index contributed by atoms with van der Waals surface area (Å²) in [7, 11) is 0. The summed E-state index contributed by atoms with van der Waals surface area (Å²) >= 11 is 0. The fraction of sp³-hybridized carbons (Fsp3) is 0.900. The van der Waals surface area contributed by atoms with E-state index in [1.54, 1.807) is 0 Å². The topological polar surface area (TPSA) is 64.3 Å². The fourth-order valence-electron chi connectivity index (χ4n) is 1.41. The van der Waals surface area contributed by atoms with Gasteiger partial charge in [-0.2, -0.15) is 0 Å². The molecule has 0 bridgehead atoms. The summed E-state index contributed by atoms with van der Waals surface area (Å²) in [5, 5.41) is 2.79. The molecule has 1 amide bonds. The summed E-state index contributed by atoms with van der Waals surface area (Å²) in [5.41, 5.74) is 5.24. The maximum Gasteiger partial charge on any atom is 0.407 e. The molecular weight excluding hydrogens is 180 g/mol. The number of ether oxygens (including phenoxy) is 1. The van der Waals surface area contributed by atoms with Gasteiger partial charge in [-0.25, -0.2) is 4.79 Å². The van der Waals surface area contributed by atoms with Gasteiger partial charge in [-0.05, 0) is 40.0 Å². The highest BCUT2D eigenvalue weighted by molar-refractivity contribution is 5.68. The highest BCUT2D eigenvalue weighted by atomic mass is 16.6. The molecule has 0 radical (unpaired) electrons. The van der Waals surface area contributed by atoms with Crippen molar-refractivity contribution in [2.24, 2.45) is 11.7 Å². The Bertz CT molecular complexity index is 223. The smallest absolute Gasteiger partial charge is 0.407 e. The normalized spacial score (nSPS) is 28.1. The molecule has 0 heterocycles. The van der Waals surface area contributed by atoms with Crippen LogP contribution in [0.1, 0.15) is 34.1 Å². The van der Waals surface area contributed by atoms with E-state index in [0.717, 1.165) is 6.42 Å². The minimum absolute atomic E-state index is 0.111. The second-order valence-corrected chi connectivity index (χ2v) is 5.00. The van der Waals surface area contributed by atoms with Crippen LogP contribution in [0.2, 0.25) is 0 Å². The molecule has 4 nitrogen and oxygen atoms in total. The van der Waals surface area contributed by atoms with Crippen LogP contribution in [0.25, 0.3) is 0 Å². The van der Waals surface area contributed by atoms with Gasteiger partial charge in [-0.1, -0.05) is 0 Å². The van der Waals surface area contributed by atoms with Crippen LogP contribution in [0.3, 0.4) is 0 Å². The first-order chi connectivity index (χ1) is 6.29. The maximum atomic E-state index is 11.3. The minimum atomic E-state index is -0.435. The third-order valence-electron chi connectivity index (χ3n) is 2.28. The van der Waals surface area contributed by atoms with E-state index in [4.69, 9.17) is 10.5 Å². The van der Waals surface area contributed by atoms with Crippen LogP contribution in [0.15, 0.2) is 0 Å². The summed E-state index contributed by atoms with van der Waals surface area (Å²) in [5.74, 6) is 0.419. The maximum absolute atomic E-state index is 11.3. The van der Waals surface area contributed by atoms with Crippen molar-refractivity contribution in [1.29, 1.82) is 0 Å². The lowest BCUT2D eigenvalue weighted by Gasteiger charge is -2.21. The summed E-state index contributed by atoms with van der Waals surface area (Å²) in [4.78, 5) is 11.3. The van der Waals surface area contributed by atoms with E-state index in [1.807, 2.05) is 27.7 Å². The standard InChI is InChI=1S/C10H20N2O2/c1-6(7-5-8(7)11)12-9(13)14-10(2,3)4/h6-8H,5,11H2,1-4H3,(H,12,13). The third kappa shape index (κ3) is 3.54. The van der Waals surface area contributed by atoms with Crippen molar-refractivity contribution < 1.29 is 9.53 Å². The molecule has 0 aromatic heterocycles. The third-order valence-corrected chi connectivity index (χ3v) is 2.28. The lowest BCUT2D eigenvalue weighted by molar-refractivity contribution is 0.0502. The van der Waals surface area contributed by atoms with Gasteiger partial charge in [0.1, 0.15) is 5.60 Å². The first-order valence-corrected chi connectivity index (χ1v) is 5.04. The van der Waals surface area contributed by atoms with E-state index in [2.05, 4.69) is 5.32 Å². The summed E-state index contributed by atoms with van der Waals surface area (Å²) in [6, 6.07) is 0.361. The Kier molecular flexibility index (Phi) is 3.04. The molecule has 3 unspecified atom stereocenters. The lowest BCUT2D eigenvalue weighted by atomic mass is 10.2. The largest absolute Gasteiger partial charge is 0.444 e. The van der Waals surface area contributed by atoms with Gasteiger partial charge >= 0.3 is 6.09 Å². The Morgan fingerprint density at radius 3 is 2.43 bits per heavy atom. The zero-order chi connectivity index (χ0) is 10.9. The highest BCUT2D eigenvalue weighted by Crippen LogP contribution is 2.31. The second kappa shape index (κ2) is 3.77. The first-order valence-electron chi connectivity index (χ1n) is 5.04. The molecule has 4 heteroatoms. The summed E-state index contributed by atoms with van der Waals surface area (Å²) < 4.78 is 5.13. The van der Waals surface area contributed by atoms with Crippen LogP contribution in [0.4, 0.5) is 4.79 Å². The molecule has 14 heavy (non-hydrogen) atoms. The monoisotopic (exact) mass is 200 g/mol. The van der Waals surface area contributed by atoms with Crippen LogP contribution < -0.4 is 11.1 Å². The van der Waals surface area contributed by atoms with Crippen LogP contribution in [0.5, 0.6) is 0 Å². The molecule has 0 saturated heterocycles. The van der Waals surface area contributed by atoms with Gasteiger partial charge in [-0.3, -0.25) is 0 Å². The fourth-order valence-corrected chi connectivity index (χ4v) is 1.41. The van der Waals surface area contributed by atoms with Gasteiger partial charge < -0.3 is 15.8 Å². The molecule has 3 N–H and O–H groups in total. The van der Waals surface area contributed by atoms with Gasteiger partial charge in [0, 0.05) is 12.1 Å². The van der Waals surface area contributed by atoms with Crippen molar-refractivity contribution in [3.05, 3.63) is 0 Å². The quantitative estimate of drug-likeness (QED) is 0.705. The number of alkyl carbamates (subject to hydrolysis) is 1. The molecule has 0 spiro atoms. The van der Waals surface area contributed by atoms with E-state index >= 15 is 0 Å². The van der Waals surface area contributed by atoms with E-state index in [0.29, 0.717) is 5.92 Å². The number of hydrogen-bond donors (Lipinski definition) is 2. The summed E-state index contributed by atoms with van der Waals surface area (Å²) in [6.45, 7) is 7.50. The van der Waals surface area contributed by atoms with Crippen LogP contribution in [-0.4, -0.2) is 23.8 Å². The van der Waals surface area contributed by atoms with E-state index in [9.17, 15) is 4.79 Å². The molecule has 1 aliphatic rings. The van der Waals surface area contributed by atoms with Crippen LogP contribution >= 0.6 is 0 Å². The lowest BCUT2D eigenvalue weighted by Crippen LogP contribution is -2.39. The number of amides is 1. The molecule has 1 aliphatic carbocycles. The van der Waals surface area contributed by atoms with Gasteiger partial charge in [0.2, 0.25) is 0 Å². The number of rotatable bonds is 2. The molecule has 1 saturated carbocycles. The Morgan fingerprint density at radius 2 is 2.07 bits per heavy atom. The Labute approximate surface area is 85.2 Å². The Morgan fingerprint density at radius 1 is 1.57 bits per heavy atom. The average Bonchev–Trinajstić information content (AvgIpc) is 2.61. The predicted molar refractivity (Wildman–Crippen MR) is 54.9 cm³/mol. The molecular formula is C10H20N2O2. The van der Waals surface area contributed by atoms with E-state index < -0.39 is 5.60 Å². The van der Waals surface area contributed by atoms with Crippen molar-refractivity contribution in [3.8, 4) is 0 Å². The van der Waals surface area contributed by atoms with Crippen molar-refractivity contribution in [1.82, 2.24) is 5.32 Å². The highest BCUT2D eigenvalue weighted by Gasteiger charge is 2.39. The van der Waals surface area contributed by atoms with Gasteiger partial charge in [-0.15, -0.1) is 0 Å². The van der Waals surface area contributed by atoms with Crippen molar-refractivity contribution in [2.45, 2.75) is 51.8 Å². The minimum Gasteiger partial charge on any atom is -0.444 e. The van der Waals surface area contributed by atoms with Crippen molar-refractivity contribution in [2.75, 3.05) is 0 Å². The molecule has 0 aromatic carbocycles. The number of carbonyl (C=O) groups excluding carboxylic acids is 1. The SMILES string of the molecule is CC(NC(=O)OC(C)(C)C)C1CC1N. The van der Waals surface area contributed by atoms with E-state index in [-0.39, 0.29) is 18.2 Å². The number of hydrogen-bond acceptors (Lipinski definition) is 3. The second-order valence-electron chi connectivity index (χ2n) is 5.00. The first kappa shape index (κ1) is 11.3. The average molecular weight is 200 g/mol. The van der Waals surface area contributed by atoms with Gasteiger partial charge in [0.15, 0.2) is 0 Å². The Hall–Kier alpha value is -0.770. The Balaban J connectivity index is 2.27. The molecule has 0 aliphatic heterocycles. The van der Waals surface area contributed by atoms with Crippen LogP contribution in [0, 0.1) is 5.92 Å². The summed E-state index contributed by atoms with van der Waals surface area (Å²) in [6.07, 6.45) is 0.640. The molecule has 0 aromatic rings. The van der Waals surface area contributed by atoms with E-state index in [1.165, 1.54) is 0 Å². The van der Waals surface area contributed by atoms with Crippen molar-refractivity contribution >= 4 is 6.09 Å². The predicted octanol–water partition coefficient (Wildman–Crippen LogP) is 1.25. The van der Waals surface area contributed by atoms with Gasteiger partial charge in [0.05, 0.1) is 0 Å². The molecule has 82 valence electrons. The van der Waals surface area contributed by atoms with Crippen molar-refractivity contribution in [3.63, 3.8) is 0 Å². The molecule has 1 fully saturated rings. The molecule has 1 rings (SSSR count). The van der Waals surface area contributed by atoms with Crippen LogP contribution in [-0.2, 0) is 4.74 Å². The number of carbonyl (C=O) groups is 1. The number of nitrogens with one attached hydrogen (secondary N) is 1. The van der Waals surface area contributed by atoms with Gasteiger partial charge in [0.25, 0.3) is 0 Å². The number of nitrogens with two attached hydrogens (primary N) is 1. The zero-order valence-corrected chi connectivity index (χ0v) is 9.33. The zero-order valence-electron chi connectivity index (χ0n) is 9.33. The molecule has 3 atom stereocenters.